The van der Waals surface area contributed by atoms with Crippen LogP contribution >= 0.6 is 0 Å². The molecule has 0 heterocycles. The van der Waals surface area contributed by atoms with E-state index in [0.717, 1.165) is 0 Å². The van der Waals surface area contributed by atoms with E-state index >= 15 is 0 Å². The zero-order chi connectivity index (χ0) is 10.7. The van der Waals surface area contributed by atoms with Crippen molar-refractivity contribution < 1.29 is 19.7 Å². The molecule has 0 spiro atoms. The summed E-state index contributed by atoms with van der Waals surface area (Å²) in [6.45, 7) is 1.55. The van der Waals surface area contributed by atoms with Crippen molar-refractivity contribution in [1.29, 1.82) is 0 Å². The zero-order valence-electron chi connectivity index (χ0n) is 8.02. The molecule has 76 valence electrons. The minimum atomic E-state index is -0.933. The minimum absolute atomic E-state index is 0.00690. The molecule has 1 atom stereocenters. The van der Waals surface area contributed by atoms with Crippen LogP contribution in [0.3, 0.4) is 0 Å². The highest BCUT2D eigenvalue weighted by atomic mass is 16.5. The Bertz CT molecular complexity index is 346. The first-order valence-electron chi connectivity index (χ1n) is 4.15. The number of carboxylic acid groups (broad SMARTS) is 1. The van der Waals surface area contributed by atoms with Gasteiger partial charge in [-0.3, -0.25) is 4.79 Å². The molecule has 1 rings (SSSR count). The second-order valence-electron chi connectivity index (χ2n) is 3.02. The smallest absolute Gasteiger partial charge is 0.310 e. The normalized spacial score (nSPS) is 12.1. The van der Waals surface area contributed by atoms with Crippen molar-refractivity contribution in [2.45, 2.75) is 12.8 Å². The molecule has 4 nitrogen and oxygen atoms in total. The Kier molecular flexibility index (Phi) is 2.96. The lowest BCUT2D eigenvalue weighted by atomic mass is 10.0. The number of carboxylic acids is 1. The Morgan fingerprint density at radius 3 is 2.57 bits per heavy atom. The molecule has 0 amide bonds. The van der Waals surface area contributed by atoms with Crippen LogP contribution in [0.1, 0.15) is 18.4 Å². The highest BCUT2D eigenvalue weighted by molar-refractivity contribution is 5.75. The molecule has 0 saturated carbocycles. The van der Waals surface area contributed by atoms with Gasteiger partial charge < -0.3 is 14.9 Å². The molecule has 0 saturated heterocycles. The second-order valence-corrected chi connectivity index (χ2v) is 3.02. The average molecular weight is 196 g/mol. The standard InChI is InChI=1S/C10H12O4/c1-6(10(12)13)7-3-8(11)5-9(4-7)14-2/h3-6,11H,1-2H3,(H,12,13). The fourth-order valence-electron chi connectivity index (χ4n) is 1.12. The van der Waals surface area contributed by atoms with E-state index in [2.05, 4.69) is 0 Å². The summed E-state index contributed by atoms with van der Waals surface area (Å²) >= 11 is 0. The Balaban J connectivity index is 3.08. The number of aliphatic carboxylic acids is 1. The van der Waals surface area contributed by atoms with Crippen molar-refractivity contribution in [2.24, 2.45) is 0 Å². The predicted molar refractivity (Wildman–Crippen MR) is 50.7 cm³/mol. The number of carbonyl (C=O) groups is 1. The predicted octanol–water partition coefficient (Wildman–Crippen LogP) is 1.59. The molecule has 0 aromatic heterocycles. The summed E-state index contributed by atoms with van der Waals surface area (Å²) in [5.41, 5.74) is 0.523. The number of hydrogen-bond acceptors (Lipinski definition) is 3. The Morgan fingerprint density at radius 1 is 1.43 bits per heavy atom. The molecular formula is C10H12O4. The fourth-order valence-corrected chi connectivity index (χ4v) is 1.12. The van der Waals surface area contributed by atoms with Gasteiger partial charge in [0.15, 0.2) is 0 Å². The molecule has 14 heavy (non-hydrogen) atoms. The summed E-state index contributed by atoms with van der Waals surface area (Å²) in [6.07, 6.45) is 0. The average Bonchev–Trinajstić information content (AvgIpc) is 2.15. The summed E-state index contributed by atoms with van der Waals surface area (Å²) < 4.78 is 4.91. The summed E-state index contributed by atoms with van der Waals surface area (Å²) in [7, 11) is 1.46. The van der Waals surface area contributed by atoms with E-state index in [4.69, 9.17) is 9.84 Å². The molecule has 1 unspecified atom stereocenters. The van der Waals surface area contributed by atoms with Crippen LogP contribution in [0.2, 0.25) is 0 Å². The molecule has 0 aliphatic rings. The summed E-state index contributed by atoms with van der Waals surface area (Å²) in [5, 5.41) is 18.1. The van der Waals surface area contributed by atoms with Gasteiger partial charge in [0.25, 0.3) is 0 Å². The van der Waals surface area contributed by atoms with Crippen molar-refractivity contribution in [3.63, 3.8) is 0 Å². The number of phenolic OH excluding ortho intramolecular Hbond substituents is 1. The highest BCUT2D eigenvalue weighted by Crippen LogP contribution is 2.26. The van der Waals surface area contributed by atoms with Crippen molar-refractivity contribution >= 4 is 5.97 Å². The van der Waals surface area contributed by atoms with Crippen LogP contribution in [0.15, 0.2) is 18.2 Å². The molecular weight excluding hydrogens is 184 g/mol. The molecule has 4 heteroatoms. The van der Waals surface area contributed by atoms with E-state index in [0.29, 0.717) is 11.3 Å². The SMILES string of the molecule is COc1cc(O)cc(C(C)C(=O)O)c1. The number of hydrogen-bond donors (Lipinski definition) is 2. The third-order valence-electron chi connectivity index (χ3n) is 2.02. The Morgan fingerprint density at radius 2 is 2.07 bits per heavy atom. The molecule has 1 aromatic carbocycles. The molecule has 2 N–H and O–H groups in total. The van der Waals surface area contributed by atoms with Gasteiger partial charge in [-0.2, -0.15) is 0 Å². The summed E-state index contributed by atoms with van der Waals surface area (Å²) in [6, 6.07) is 4.44. The van der Waals surface area contributed by atoms with Crippen LogP contribution in [0, 0.1) is 0 Å². The monoisotopic (exact) mass is 196 g/mol. The highest BCUT2D eigenvalue weighted by Gasteiger charge is 2.15. The molecule has 0 aliphatic heterocycles. The van der Waals surface area contributed by atoms with Crippen LogP contribution in [0.25, 0.3) is 0 Å². The molecule has 0 fully saturated rings. The first-order valence-corrected chi connectivity index (χ1v) is 4.15. The van der Waals surface area contributed by atoms with Crippen molar-refractivity contribution in [3.8, 4) is 11.5 Å². The fraction of sp³-hybridized carbons (Fsp3) is 0.300. The van der Waals surface area contributed by atoms with Gasteiger partial charge in [0.1, 0.15) is 11.5 Å². The van der Waals surface area contributed by atoms with Crippen LogP contribution < -0.4 is 4.74 Å². The van der Waals surface area contributed by atoms with Gasteiger partial charge in [-0.1, -0.05) is 0 Å². The van der Waals surface area contributed by atoms with Crippen molar-refractivity contribution in [3.05, 3.63) is 23.8 Å². The van der Waals surface area contributed by atoms with E-state index in [1.54, 1.807) is 13.0 Å². The number of methoxy groups -OCH3 is 1. The maximum absolute atomic E-state index is 10.7. The van der Waals surface area contributed by atoms with Crippen LogP contribution in [0.4, 0.5) is 0 Å². The van der Waals surface area contributed by atoms with E-state index in [-0.39, 0.29) is 5.75 Å². The number of benzene rings is 1. The number of aromatic hydroxyl groups is 1. The third-order valence-corrected chi connectivity index (χ3v) is 2.02. The lowest BCUT2D eigenvalue weighted by Crippen LogP contribution is -2.07. The summed E-state index contributed by atoms with van der Waals surface area (Å²) in [4.78, 5) is 10.7. The van der Waals surface area contributed by atoms with Crippen LogP contribution in [-0.4, -0.2) is 23.3 Å². The first kappa shape index (κ1) is 10.4. The van der Waals surface area contributed by atoms with Crippen molar-refractivity contribution in [2.75, 3.05) is 7.11 Å². The second kappa shape index (κ2) is 4.00. The minimum Gasteiger partial charge on any atom is -0.508 e. The van der Waals surface area contributed by atoms with Gasteiger partial charge in [0.2, 0.25) is 0 Å². The third kappa shape index (κ3) is 2.16. The van der Waals surface area contributed by atoms with E-state index in [1.807, 2.05) is 0 Å². The zero-order valence-corrected chi connectivity index (χ0v) is 8.02. The number of phenols is 1. The van der Waals surface area contributed by atoms with E-state index in [9.17, 15) is 9.90 Å². The van der Waals surface area contributed by atoms with Crippen LogP contribution in [-0.2, 0) is 4.79 Å². The topological polar surface area (TPSA) is 66.8 Å². The molecule has 0 bridgehead atoms. The van der Waals surface area contributed by atoms with Gasteiger partial charge >= 0.3 is 5.97 Å². The lowest BCUT2D eigenvalue weighted by Gasteiger charge is -2.09. The largest absolute Gasteiger partial charge is 0.508 e. The maximum atomic E-state index is 10.7. The molecule has 0 aliphatic carbocycles. The number of ether oxygens (including phenoxy) is 1. The first-order chi connectivity index (χ1) is 6.54. The van der Waals surface area contributed by atoms with E-state index < -0.39 is 11.9 Å². The summed E-state index contributed by atoms with van der Waals surface area (Å²) in [5.74, 6) is -1.13. The molecule has 1 aromatic rings. The molecule has 0 radical (unpaired) electrons. The quantitative estimate of drug-likeness (QED) is 0.770. The van der Waals surface area contributed by atoms with Gasteiger partial charge in [-0.05, 0) is 24.6 Å². The van der Waals surface area contributed by atoms with Gasteiger partial charge in [0.05, 0.1) is 13.0 Å². The Hall–Kier alpha value is -1.71. The lowest BCUT2D eigenvalue weighted by molar-refractivity contribution is -0.138. The van der Waals surface area contributed by atoms with Gasteiger partial charge in [-0.15, -0.1) is 0 Å². The van der Waals surface area contributed by atoms with Crippen molar-refractivity contribution in [1.82, 2.24) is 0 Å². The Labute approximate surface area is 81.8 Å². The number of rotatable bonds is 3. The maximum Gasteiger partial charge on any atom is 0.310 e. The van der Waals surface area contributed by atoms with Gasteiger partial charge in [-0.25, -0.2) is 0 Å². The van der Waals surface area contributed by atoms with E-state index in [1.165, 1.54) is 19.2 Å². The van der Waals surface area contributed by atoms with Crippen LogP contribution in [0.5, 0.6) is 11.5 Å². The van der Waals surface area contributed by atoms with Gasteiger partial charge in [0, 0.05) is 6.07 Å².